The van der Waals surface area contributed by atoms with E-state index in [0.717, 1.165) is 28.7 Å². The van der Waals surface area contributed by atoms with E-state index in [4.69, 9.17) is 17.0 Å². The van der Waals surface area contributed by atoms with E-state index in [0.29, 0.717) is 11.5 Å². The highest BCUT2D eigenvalue weighted by atomic mass is 32.1. The third kappa shape index (κ3) is 4.18. The van der Waals surface area contributed by atoms with Gasteiger partial charge in [0.1, 0.15) is 0 Å². The largest absolute Gasteiger partial charge is 0.465 e. The first-order valence-electron chi connectivity index (χ1n) is 10.3. The standard InChI is InChI=1S/C24H26N4O2S/c1-16(2)15-28-22(21(26-24(28)31)19-10-4-5-12-25-19)20-11-7-13-27(20)18-9-6-8-17(14-18)23(29)30-3/h4-14,16,21-22H,15H2,1-3H3,(H,26,31)/t21-,22+/m0/s1. The predicted molar refractivity (Wildman–Crippen MR) is 124 cm³/mol. The number of hydrogen-bond acceptors (Lipinski definition) is 4. The van der Waals surface area contributed by atoms with Gasteiger partial charge in [0.15, 0.2) is 5.11 Å². The molecule has 1 aliphatic heterocycles. The number of thiocarbonyl (C=S) groups is 1. The average Bonchev–Trinajstić information content (AvgIpc) is 3.38. The zero-order valence-corrected chi connectivity index (χ0v) is 18.7. The molecule has 0 amide bonds. The van der Waals surface area contributed by atoms with Crippen molar-refractivity contribution < 1.29 is 9.53 Å². The monoisotopic (exact) mass is 434 g/mol. The van der Waals surface area contributed by atoms with Crippen LogP contribution >= 0.6 is 12.2 Å². The molecule has 1 N–H and O–H groups in total. The van der Waals surface area contributed by atoms with Gasteiger partial charge in [0.05, 0.1) is 30.5 Å². The topological polar surface area (TPSA) is 59.4 Å². The van der Waals surface area contributed by atoms with Crippen LogP contribution in [-0.4, -0.2) is 39.2 Å². The molecule has 160 valence electrons. The summed E-state index contributed by atoms with van der Waals surface area (Å²) in [5.74, 6) is 0.0860. The van der Waals surface area contributed by atoms with Gasteiger partial charge in [-0.05, 0) is 60.6 Å². The highest BCUT2D eigenvalue weighted by molar-refractivity contribution is 7.80. The van der Waals surface area contributed by atoms with Gasteiger partial charge in [-0.3, -0.25) is 4.98 Å². The Labute approximate surface area is 187 Å². The molecule has 0 unspecified atom stereocenters. The van der Waals surface area contributed by atoms with Gasteiger partial charge in [0, 0.05) is 30.3 Å². The number of rotatable bonds is 6. The molecule has 0 aliphatic carbocycles. The second-order valence-electron chi connectivity index (χ2n) is 8.02. The second-order valence-corrected chi connectivity index (χ2v) is 8.40. The van der Waals surface area contributed by atoms with Crippen LogP contribution in [0.15, 0.2) is 67.0 Å². The number of methoxy groups -OCH3 is 1. The molecule has 2 atom stereocenters. The minimum Gasteiger partial charge on any atom is -0.465 e. The first-order valence-corrected chi connectivity index (χ1v) is 10.7. The van der Waals surface area contributed by atoms with Gasteiger partial charge in [-0.15, -0.1) is 0 Å². The maximum atomic E-state index is 12.1. The van der Waals surface area contributed by atoms with Gasteiger partial charge < -0.3 is 19.5 Å². The molecular formula is C24H26N4O2S. The van der Waals surface area contributed by atoms with E-state index in [1.54, 1.807) is 12.3 Å². The van der Waals surface area contributed by atoms with Crippen LogP contribution in [0.1, 0.15) is 47.7 Å². The Morgan fingerprint density at radius 2 is 2.03 bits per heavy atom. The molecule has 3 aromatic rings. The van der Waals surface area contributed by atoms with Crippen molar-refractivity contribution in [2.24, 2.45) is 5.92 Å². The molecule has 3 heterocycles. The smallest absolute Gasteiger partial charge is 0.337 e. The summed E-state index contributed by atoms with van der Waals surface area (Å²) in [5, 5.41) is 4.22. The number of hydrogen-bond donors (Lipinski definition) is 1. The SMILES string of the molecule is COC(=O)c1cccc(-n2cccc2[C@@H]2[C@H](c3ccccn3)NC(=S)N2CC(C)C)c1. The van der Waals surface area contributed by atoms with Gasteiger partial charge >= 0.3 is 5.97 Å². The summed E-state index contributed by atoms with van der Waals surface area (Å²) in [5.41, 5.74) is 3.42. The van der Waals surface area contributed by atoms with Crippen LogP contribution in [0.4, 0.5) is 0 Å². The molecular weight excluding hydrogens is 408 g/mol. The minimum absolute atomic E-state index is 0.0402. The molecule has 1 aliphatic rings. The lowest BCUT2D eigenvalue weighted by Gasteiger charge is -2.30. The number of esters is 1. The van der Waals surface area contributed by atoms with Crippen LogP contribution in [0, 0.1) is 5.92 Å². The Morgan fingerprint density at radius 3 is 2.74 bits per heavy atom. The molecule has 1 saturated heterocycles. The zero-order valence-electron chi connectivity index (χ0n) is 17.9. The van der Waals surface area contributed by atoms with Crippen molar-refractivity contribution in [1.82, 2.24) is 19.8 Å². The Morgan fingerprint density at radius 1 is 1.19 bits per heavy atom. The molecule has 0 spiro atoms. The fraction of sp³-hybridized carbons (Fsp3) is 0.292. The maximum Gasteiger partial charge on any atom is 0.337 e. The fourth-order valence-corrected chi connectivity index (χ4v) is 4.40. The van der Waals surface area contributed by atoms with E-state index >= 15 is 0 Å². The number of nitrogens with zero attached hydrogens (tertiary/aromatic N) is 3. The molecule has 2 aromatic heterocycles. The average molecular weight is 435 g/mol. The van der Waals surface area contributed by atoms with Crippen molar-refractivity contribution in [3.8, 4) is 5.69 Å². The Hall–Kier alpha value is -3.19. The highest BCUT2D eigenvalue weighted by Gasteiger charge is 2.41. The minimum atomic E-state index is -0.355. The third-order valence-corrected chi connectivity index (χ3v) is 5.74. The van der Waals surface area contributed by atoms with Gasteiger partial charge in [-0.1, -0.05) is 26.0 Å². The lowest BCUT2D eigenvalue weighted by Crippen LogP contribution is -2.33. The van der Waals surface area contributed by atoms with Crippen molar-refractivity contribution in [2.45, 2.75) is 25.9 Å². The van der Waals surface area contributed by atoms with E-state index in [1.165, 1.54) is 7.11 Å². The molecule has 6 nitrogen and oxygen atoms in total. The summed E-state index contributed by atoms with van der Waals surface area (Å²) in [6, 6.07) is 17.4. The number of benzene rings is 1. The van der Waals surface area contributed by atoms with Crippen molar-refractivity contribution in [2.75, 3.05) is 13.7 Å². The Balaban J connectivity index is 1.80. The molecule has 0 saturated carbocycles. The Bertz CT molecular complexity index is 1080. The van der Waals surface area contributed by atoms with E-state index in [1.807, 2.05) is 48.7 Å². The van der Waals surface area contributed by atoms with Crippen LogP contribution in [-0.2, 0) is 4.74 Å². The summed E-state index contributed by atoms with van der Waals surface area (Å²) >= 11 is 5.73. The zero-order chi connectivity index (χ0) is 22.0. The van der Waals surface area contributed by atoms with Crippen LogP contribution in [0.3, 0.4) is 0 Å². The van der Waals surface area contributed by atoms with Crippen LogP contribution in [0.2, 0.25) is 0 Å². The molecule has 0 radical (unpaired) electrons. The van der Waals surface area contributed by atoms with E-state index in [-0.39, 0.29) is 18.1 Å². The lowest BCUT2D eigenvalue weighted by atomic mass is 10.0. The fourth-order valence-electron chi connectivity index (χ4n) is 4.09. The summed E-state index contributed by atoms with van der Waals surface area (Å²) in [7, 11) is 1.39. The van der Waals surface area contributed by atoms with Gasteiger partial charge in [0.2, 0.25) is 0 Å². The first-order chi connectivity index (χ1) is 15.0. The number of ether oxygens (including phenoxy) is 1. The van der Waals surface area contributed by atoms with Crippen LogP contribution in [0.25, 0.3) is 5.69 Å². The van der Waals surface area contributed by atoms with Gasteiger partial charge in [-0.2, -0.15) is 0 Å². The number of pyridine rings is 1. The van der Waals surface area contributed by atoms with Gasteiger partial charge in [-0.25, -0.2) is 4.79 Å². The second kappa shape index (κ2) is 8.89. The van der Waals surface area contributed by atoms with Crippen LogP contribution in [0.5, 0.6) is 0 Å². The van der Waals surface area contributed by atoms with Crippen LogP contribution < -0.4 is 5.32 Å². The Kier molecular flexibility index (Phi) is 6.04. The van der Waals surface area contributed by atoms with E-state index in [2.05, 4.69) is 39.7 Å². The summed E-state index contributed by atoms with van der Waals surface area (Å²) in [6.45, 7) is 5.20. The summed E-state index contributed by atoms with van der Waals surface area (Å²) in [6.07, 6.45) is 3.82. The molecule has 0 bridgehead atoms. The quantitative estimate of drug-likeness (QED) is 0.461. The van der Waals surface area contributed by atoms with E-state index in [9.17, 15) is 4.79 Å². The number of nitrogens with one attached hydrogen (secondary N) is 1. The predicted octanol–water partition coefficient (Wildman–Crippen LogP) is 4.29. The summed E-state index contributed by atoms with van der Waals surface area (Å²) < 4.78 is 7.00. The molecule has 7 heteroatoms. The number of aromatic nitrogens is 2. The highest BCUT2D eigenvalue weighted by Crippen LogP contribution is 2.39. The number of carbonyl (C=O) groups is 1. The van der Waals surface area contributed by atoms with E-state index < -0.39 is 0 Å². The third-order valence-electron chi connectivity index (χ3n) is 5.39. The van der Waals surface area contributed by atoms with Gasteiger partial charge in [0.25, 0.3) is 0 Å². The van der Waals surface area contributed by atoms with Crippen molar-refractivity contribution >= 4 is 23.3 Å². The molecule has 1 fully saturated rings. The maximum absolute atomic E-state index is 12.1. The molecule has 1 aromatic carbocycles. The van der Waals surface area contributed by atoms with Crippen molar-refractivity contribution in [3.05, 3.63) is 83.9 Å². The molecule has 31 heavy (non-hydrogen) atoms. The normalized spacial score (nSPS) is 18.3. The van der Waals surface area contributed by atoms with Crippen molar-refractivity contribution in [1.29, 1.82) is 0 Å². The lowest BCUT2D eigenvalue weighted by molar-refractivity contribution is 0.0600. The number of carbonyl (C=O) groups excluding carboxylic acids is 1. The molecule has 4 rings (SSSR count). The summed E-state index contributed by atoms with van der Waals surface area (Å²) in [4.78, 5) is 18.9. The first kappa shape index (κ1) is 21.1. The van der Waals surface area contributed by atoms with Crippen molar-refractivity contribution in [3.63, 3.8) is 0 Å².